The Hall–Kier alpha value is -0.430. The zero-order chi connectivity index (χ0) is 13.1. The Balaban J connectivity index is 2.87. The molecule has 4 nitrogen and oxygen atoms in total. The van der Waals surface area contributed by atoms with Crippen molar-refractivity contribution < 1.29 is 8.42 Å². The highest BCUT2D eigenvalue weighted by Crippen LogP contribution is 2.19. The predicted octanol–water partition coefficient (Wildman–Crippen LogP) is 1.56. The summed E-state index contributed by atoms with van der Waals surface area (Å²) in [5, 5.41) is -0.560. The predicted molar refractivity (Wildman–Crippen MR) is 73.0 cm³/mol. The fraction of sp³-hybridized carbons (Fsp3) is 0.455. The van der Waals surface area contributed by atoms with Gasteiger partial charge in [-0.15, -0.1) is 0 Å². The molecule has 0 saturated heterocycles. The number of hydrogen-bond acceptors (Lipinski definition) is 3. The fourth-order valence-corrected chi connectivity index (χ4v) is 2.97. The summed E-state index contributed by atoms with van der Waals surface area (Å²) in [6.45, 7) is 2.09. The van der Waals surface area contributed by atoms with Crippen LogP contribution in [-0.4, -0.2) is 31.6 Å². The molecule has 1 aromatic carbocycles. The molecule has 0 aliphatic carbocycles. The van der Waals surface area contributed by atoms with Gasteiger partial charge < -0.3 is 5.73 Å². The van der Waals surface area contributed by atoms with Gasteiger partial charge in [-0.25, -0.2) is 12.7 Å². The Morgan fingerprint density at radius 2 is 2.00 bits per heavy atom. The monoisotopic (exact) mass is 320 g/mol. The summed E-state index contributed by atoms with van der Waals surface area (Å²) >= 11 is 3.40. The Labute approximate surface area is 111 Å². The third kappa shape index (κ3) is 3.51. The Kier molecular flexibility index (Phi) is 5.12. The first-order valence-corrected chi connectivity index (χ1v) is 7.58. The van der Waals surface area contributed by atoms with Crippen molar-refractivity contribution in [3.63, 3.8) is 0 Å². The minimum atomic E-state index is -3.32. The van der Waals surface area contributed by atoms with Crippen LogP contribution in [0.2, 0.25) is 0 Å². The summed E-state index contributed by atoms with van der Waals surface area (Å²) in [5.41, 5.74) is 6.34. The van der Waals surface area contributed by atoms with Gasteiger partial charge in [0.15, 0.2) is 0 Å². The molecule has 0 fully saturated rings. The minimum Gasteiger partial charge on any atom is -0.329 e. The smallest absolute Gasteiger partial charge is 0.218 e. The van der Waals surface area contributed by atoms with Gasteiger partial charge in [0.1, 0.15) is 0 Å². The maximum Gasteiger partial charge on any atom is 0.218 e. The van der Waals surface area contributed by atoms with Gasteiger partial charge in [-0.1, -0.05) is 34.1 Å². The van der Waals surface area contributed by atoms with Gasteiger partial charge in [0, 0.05) is 24.6 Å². The largest absolute Gasteiger partial charge is 0.329 e. The van der Waals surface area contributed by atoms with E-state index < -0.39 is 15.3 Å². The number of benzene rings is 1. The fourth-order valence-electron chi connectivity index (χ4n) is 1.39. The van der Waals surface area contributed by atoms with Crippen molar-refractivity contribution in [2.24, 2.45) is 5.73 Å². The van der Waals surface area contributed by atoms with Crippen LogP contribution < -0.4 is 5.73 Å². The van der Waals surface area contributed by atoms with E-state index >= 15 is 0 Å². The molecule has 1 rings (SSSR count). The van der Waals surface area contributed by atoms with Crippen LogP contribution in [0, 0.1) is 0 Å². The topological polar surface area (TPSA) is 63.4 Å². The summed E-state index contributed by atoms with van der Waals surface area (Å²) in [6.07, 6.45) is 0. The second-order valence-corrected chi connectivity index (χ2v) is 7.25. The molecule has 0 aliphatic heterocycles. The lowest BCUT2D eigenvalue weighted by atomic mass is 10.2. The zero-order valence-corrected chi connectivity index (χ0v) is 12.3. The summed E-state index contributed by atoms with van der Waals surface area (Å²) in [6, 6.07) is 7.56. The Bertz CT molecular complexity index is 476. The maximum absolute atomic E-state index is 12.0. The first kappa shape index (κ1) is 14.6. The van der Waals surface area contributed by atoms with Crippen molar-refractivity contribution >= 4 is 26.0 Å². The molecule has 0 spiro atoms. The molecule has 96 valence electrons. The molecule has 0 aromatic heterocycles. The van der Waals surface area contributed by atoms with Crippen molar-refractivity contribution in [3.8, 4) is 0 Å². The van der Waals surface area contributed by atoms with E-state index in [2.05, 4.69) is 15.9 Å². The Morgan fingerprint density at radius 1 is 1.41 bits per heavy atom. The summed E-state index contributed by atoms with van der Waals surface area (Å²) in [4.78, 5) is 0. The van der Waals surface area contributed by atoms with Gasteiger partial charge >= 0.3 is 0 Å². The quantitative estimate of drug-likeness (QED) is 0.895. The number of hydrogen-bond donors (Lipinski definition) is 1. The Morgan fingerprint density at radius 3 is 2.53 bits per heavy atom. The van der Waals surface area contributed by atoms with Crippen LogP contribution in [0.4, 0.5) is 0 Å². The zero-order valence-electron chi connectivity index (χ0n) is 9.93. The van der Waals surface area contributed by atoms with Crippen molar-refractivity contribution in [1.82, 2.24) is 4.31 Å². The molecule has 0 amide bonds. The highest BCUT2D eigenvalue weighted by Gasteiger charge is 2.24. The van der Waals surface area contributed by atoms with E-state index in [9.17, 15) is 8.42 Å². The van der Waals surface area contributed by atoms with Gasteiger partial charge in [-0.2, -0.15) is 0 Å². The molecule has 17 heavy (non-hydrogen) atoms. The van der Waals surface area contributed by atoms with Crippen molar-refractivity contribution in [2.75, 3.05) is 13.6 Å². The molecule has 1 unspecified atom stereocenters. The minimum absolute atomic E-state index is 0.128. The van der Waals surface area contributed by atoms with Crippen molar-refractivity contribution in [3.05, 3.63) is 34.3 Å². The van der Waals surface area contributed by atoms with Crippen LogP contribution >= 0.6 is 15.9 Å². The lowest BCUT2D eigenvalue weighted by molar-refractivity contribution is 0.457. The second-order valence-electron chi connectivity index (χ2n) is 3.94. The van der Waals surface area contributed by atoms with Gasteiger partial charge in [-0.05, 0) is 18.6 Å². The number of rotatable bonds is 5. The van der Waals surface area contributed by atoms with Crippen molar-refractivity contribution in [2.45, 2.75) is 18.7 Å². The molecule has 1 aromatic rings. The van der Waals surface area contributed by atoms with Gasteiger partial charge in [0.2, 0.25) is 10.0 Å². The summed E-state index contributed by atoms with van der Waals surface area (Å²) in [5.74, 6) is 0. The van der Waals surface area contributed by atoms with Crippen LogP contribution in [0.25, 0.3) is 0 Å². The third-order valence-corrected chi connectivity index (χ3v) is 5.61. The van der Waals surface area contributed by atoms with E-state index in [-0.39, 0.29) is 6.54 Å². The third-order valence-electron chi connectivity index (χ3n) is 2.63. The molecule has 0 bridgehead atoms. The number of nitrogens with zero attached hydrogens (tertiary/aromatic N) is 1. The van der Waals surface area contributed by atoms with Crippen LogP contribution in [0.3, 0.4) is 0 Å². The van der Waals surface area contributed by atoms with E-state index in [1.807, 2.05) is 24.3 Å². The van der Waals surface area contributed by atoms with Crippen LogP contribution in [0.5, 0.6) is 0 Å². The van der Waals surface area contributed by atoms with E-state index in [1.54, 1.807) is 14.0 Å². The highest BCUT2D eigenvalue weighted by atomic mass is 79.9. The van der Waals surface area contributed by atoms with E-state index in [1.165, 1.54) is 4.31 Å². The van der Waals surface area contributed by atoms with E-state index in [0.717, 1.165) is 10.0 Å². The molecule has 0 saturated carbocycles. The van der Waals surface area contributed by atoms with Crippen LogP contribution in [-0.2, 0) is 16.6 Å². The molecule has 6 heteroatoms. The lowest BCUT2D eigenvalue weighted by Crippen LogP contribution is -2.38. The molecular weight excluding hydrogens is 304 g/mol. The number of sulfonamides is 1. The first-order valence-electron chi connectivity index (χ1n) is 5.28. The van der Waals surface area contributed by atoms with E-state index in [0.29, 0.717) is 6.54 Å². The molecule has 0 aliphatic rings. The maximum atomic E-state index is 12.0. The summed E-state index contributed by atoms with van der Waals surface area (Å²) in [7, 11) is -1.75. The molecular formula is C11H17BrN2O2S. The standard InChI is InChI=1S/C11H17BrN2O2S/c1-9(7-13)17(15,16)14(2)8-10-5-3-4-6-11(10)12/h3-6,9H,7-8,13H2,1-2H3. The average Bonchev–Trinajstić information content (AvgIpc) is 2.30. The molecule has 1 atom stereocenters. The first-order chi connectivity index (χ1) is 7.89. The lowest BCUT2D eigenvalue weighted by Gasteiger charge is -2.21. The molecule has 0 radical (unpaired) electrons. The van der Waals surface area contributed by atoms with Crippen molar-refractivity contribution in [1.29, 1.82) is 0 Å². The number of nitrogens with two attached hydrogens (primary N) is 1. The molecule has 0 heterocycles. The highest BCUT2D eigenvalue weighted by molar-refractivity contribution is 9.10. The average molecular weight is 321 g/mol. The summed E-state index contributed by atoms with van der Waals surface area (Å²) < 4.78 is 26.3. The van der Waals surface area contributed by atoms with Crippen LogP contribution in [0.1, 0.15) is 12.5 Å². The van der Waals surface area contributed by atoms with Gasteiger partial charge in [-0.3, -0.25) is 0 Å². The number of halogens is 1. The van der Waals surface area contributed by atoms with Gasteiger partial charge in [0.05, 0.1) is 5.25 Å². The SMILES string of the molecule is CC(CN)S(=O)(=O)N(C)Cc1ccccc1Br. The van der Waals surface area contributed by atoms with Gasteiger partial charge in [0.25, 0.3) is 0 Å². The van der Waals surface area contributed by atoms with Crippen LogP contribution in [0.15, 0.2) is 28.7 Å². The normalized spacial score (nSPS) is 13.9. The van der Waals surface area contributed by atoms with E-state index in [4.69, 9.17) is 5.73 Å². The molecule has 2 N–H and O–H groups in total. The second kappa shape index (κ2) is 5.95.